The molecule has 0 unspecified atom stereocenters. The van der Waals surface area contributed by atoms with Gasteiger partial charge < -0.3 is 14.2 Å². The van der Waals surface area contributed by atoms with Crippen LogP contribution in [0.3, 0.4) is 0 Å². The third kappa shape index (κ3) is 4.01. The van der Waals surface area contributed by atoms with E-state index in [2.05, 4.69) is 15.3 Å². The van der Waals surface area contributed by atoms with Gasteiger partial charge in [-0.05, 0) is 43.3 Å². The minimum absolute atomic E-state index is 0.273. The van der Waals surface area contributed by atoms with E-state index >= 15 is 0 Å². The summed E-state index contributed by atoms with van der Waals surface area (Å²) in [6.45, 7) is 2.70. The van der Waals surface area contributed by atoms with E-state index in [0.717, 1.165) is 22.3 Å². The molecule has 0 saturated heterocycles. The Kier molecular flexibility index (Phi) is 4.88. The van der Waals surface area contributed by atoms with Crippen molar-refractivity contribution in [1.29, 1.82) is 0 Å². The number of fused-ring (bicyclic) bond motifs is 1. The molecule has 4 rings (SSSR count). The zero-order valence-electron chi connectivity index (χ0n) is 15.0. The predicted molar refractivity (Wildman–Crippen MR) is 101 cm³/mol. The van der Waals surface area contributed by atoms with Gasteiger partial charge in [0, 0.05) is 0 Å². The van der Waals surface area contributed by atoms with Crippen molar-refractivity contribution in [3.8, 4) is 17.2 Å². The van der Waals surface area contributed by atoms with E-state index in [1.165, 1.54) is 16.9 Å². The fourth-order valence-corrected chi connectivity index (χ4v) is 3.21. The van der Waals surface area contributed by atoms with Crippen molar-refractivity contribution in [1.82, 2.24) is 19.8 Å². The Bertz CT molecular complexity index is 1030. The normalized spacial score (nSPS) is 10.9. The summed E-state index contributed by atoms with van der Waals surface area (Å²) in [7, 11) is 1.63. The van der Waals surface area contributed by atoms with Gasteiger partial charge in [0.2, 0.25) is 4.96 Å². The van der Waals surface area contributed by atoms with Crippen LogP contribution in [-0.4, -0.2) is 26.9 Å². The molecule has 0 bridgehead atoms. The Morgan fingerprint density at radius 3 is 2.19 bits per heavy atom. The van der Waals surface area contributed by atoms with Crippen molar-refractivity contribution >= 4 is 16.3 Å². The van der Waals surface area contributed by atoms with Crippen molar-refractivity contribution in [2.75, 3.05) is 7.11 Å². The summed E-state index contributed by atoms with van der Waals surface area (Å²) in [6, 6.07) is 15.3. The largest absolute Gasteiger partial charge is 0.497 e. The molecule has 7 nitrogen and oxygen atoms in total. The Hall–Kier alpha value is -3.13. The van der Waals surface area contributed by atoms with Gasteiger partial charge >= 0.3 is 0 Å². The van der Waals surface area contributed by atoms with Crippen LogP contribution in [-0.2, 0) is 13.2 Å². The molecule has 0 spiro atoms. The fraction of sp³-hybridized carbons (Fsp3) is 0.211. The maximum Gasteiger partial charge on any atom is 0.234 e. The lowest BCUT2D eigenvalue weighted by Gasteiger charge is -2.05. The lowest BCUT2D eigenvalue weighted by molar-refractivity contribution is 0.289. The molecule has 27 heavy (non-hydrogen) atoms. The first-order valence-corrected chi connectivity index (χ1v) is 9.19. The van der Waals surface area contributed by atoms with E-state index in [0.29, 0.717) is 17.4 Å². The van der Waals surface area contributed by atoms with Gasteiger partial charge in [-0.1, -0.05) is 29.0 Å². The van der Waals surface area contributed by atoms with Gasteiger partial charge in [0.05, 0.1) is 7.11 Å². The second-order valence-corrected chi connectivity index (χ2v) is 6.91. The van der Waals surface area contributed by atoms with E-state index in [9.17, 15) is 0 Å². The fourth-order valence-electron chi connectivity index (χ4n) is 2.44. The number of methoxy groups -OCH3 is 1. The van der Waals surface area contributed by atoms with E-state index in [1.807, 2.05) is 55.5 Å². The first-order chi connectivity index (χ1) is 13.2. The summed E-state index contributed by atoms with van der Waals surface area (Å²) in [6.07, 6.45) is 0. The quantitative estimate of drug-likeness (QED) is 0.486. The molecule has 0 fully saturated rings. The molecular weight excluding hydrogens is 364 g/mol. The van der Waals surface area contributed by atoms with Gasteiger partial charge in [0.1, 0.15) is 30.5 Å². The third-order valence-corrected chi connectivity index (χ3v) is 4.78. The van der Waals surface area contributed by atoms with Gasteiger partial charge in [-0.25, -0.2) is 0 Å². The van der Waals surface area contributed by atoms with E-state index in [-0.39, 0.29) is 6.61 Å². The number of hydrogen-bond donors (Lipinski definition) is 0. The number of benzene rings is 2. The summed E-state index contributed by atoms with van der Waals surface area (Å²) in [5.41, 5.74) is 1.20. The Labute approximate surface area is 160 Å². The maximum atomic E-state index is 5.78. The highest BCUT2D eigenvalue weighted by Gasteiger charge is 2.13. The van der Waals surface area contributed by atoms with E-state index in [1.54, 1.807) is 11.6 Å². The third-order valence-electron chi connectivity index (χ3n) is 3.91. The average Bonchev–Trinajstić information content (AvgIpc) is 3.27. The molecule has 8 heteroatoms. The SMILES string of the molecule is COc1ccc(OCc2nnc3sc(COc4ccc(C)cc4)nn23)cc1. The molecule has 4 aromatic rings. The zero-order chi connectivity index (χ0) is 18.6. The summed E-state index contributed by atoms with van der Waals surface area (Å²) in [4.78, 5) is 0.714. The van der Waals surface area contributed by atoms with Crippen LogP contribution in [0.1, 0.15) is 16.4 Å². The molecule has 0 aliphatic heterocycles. The van der Waals surface area contributed by atoms with Crippen LogP contribution in [0.5, 0.6) is 17.2 Å². The van der Waals surface area contributed by atoms with E-state index < -0.39 is 0 Å². The number of ether oxygens (including phenoxy) is 3. The van der Waals surface area contributed by atoms with E-state index in [4.69, 9.17) is 14.2 Å². The van der Waals surface area contributed by atoms with Crippen molar-refractivity contribution in [3.63, 3.8) is 0 Å². The first-order valence-electron chi connectivity index (χ1n) is 8.37. The molecule has 0 radical (unpaired) electrons. The lowest BCUT2D eigenvalue weighted by Crippen LogP contribution is -2.03. The summed E-state index contributed by atoms with van der Waals surface area (Å²) >= 11 is 1.45. The predicted octanol–water partition coefficient (Wildman–Crippen LogP) is 3.66. The number of nitrogens with zero attached hydrogens (tertiary/aromatic N) is 4. The highest BCUT2D eigenvalue weighted by atomic mass is 32.1. The molecule has 0 saturated carbocycles. The Balaban J connectivity index is 1.41. The Morgan fingerprint density at radius 2 is 1.48 bits per heavy atom. The van der Waals surface area contributed by atoms with Gasteiger partial charge in [0.15, 0.2) is 10.8 Å². The standard InChI is InChI=1S/C19H18N4O3S/c1-13-3-5-15(6-4-13)26-12-18-22-23-17(20-21-19(23)27-18)11-25-16-9-7-14(24-2)8-10-16/h3-10H,11-12H2,1-2H3. The van der Waals surface area contributed by atoms with Gasteiger partial charge in [0.25, 0.3) is 0 Å². The summed E-state index contributed by atoms with van der Waals surface area (Å²) < 4.78 is 18.4. The number of aryl methyl sites for hydroxylation is 1. The van der Waals surface area contributed by atoms with Crippen molar-refractivity contribution in [2.45, 2.75) is 20.1 Å². The average molecular weight is 382 g/mol. The monoisotopic (exact) mass is 382 g/mol. The molecule has 0 amide bonds. The van der Waals surface area contributed by atoms with Crippen molar-refractivity contribution in [2.24, 2.45) is 0 Å². The summed E-state index contributed by atoms with van der Waals surface area (Å²) in [5.74, 6) is 2.96. The Morgan fingerprint density at radius 1 is 0.852 bits per heavy atom. The smallest absolute Gasteiger partial charge is 0.234 e. The molecule has 2 aromatic heterocycles. The summed E-state index contributed by atoms with van der Waals surface area (Å²) in [5, 5.41) is 13.7. The van der Waals surface area contributed by atoms with Crippen molar-refractivity contribution in [3.05, 3.63) is 64.9 Å². The van der Waals surface area contributed by atoms with Crippen LogP contribution in [0.25, 0.3) is 4.96 Å². The highest BCUT2D eigenvalue weighted by molar-refractivity contribution is 7.16. The van der Waals surface area contributed by atoms with Gasteiger partial charge in [-0.2, -0.15) is 9.61 Å². The topological polar surface area (TPSA) is 70.8 Å². The maximum absolute atomic E-state index is 5.78. The highest BCUT2D eigenvalue weighted by Crippen LogP contribution is 2.20. The molecule has 0 aliphatic carbocycles. The molecular formula is C19H18N4O3S. The van der Waals surface area contributed by atoms with Gasteiger partial charge in [-0.15, -0.1) is 10.2 Å². The van der Waals surface area contributed by atoms with Crippen LogP contribution in [0.4, 0.5) is 0 Å². The first kappa shape index (κ1) is 17.3. The van der Waals surface area contributed by atoms with Gasteiger partial charge in [-0.3, -0.25) is 0 Å². The second kappa shape index (κ2) is 7.63. The van der Waals surface area contributed by atoms with Crippen LogP contribution in [0.15, 0.2) is 48.5 Å². The van der Waals surface area contributed by atoms with Crippen LogP contribution < -0.4 is 14.2 Å². The zero-order valence-corrected chi connectivity index (χ0v) is 15.8. The van der Waals surface area contributed by atoms with Crippen LogP contribution >= 0.6 is 11.3 Å². The van der Waals surface area contributed by atoms with Crippen LogP contribution in [0.2, 0.25) is 0 Å². The minimum atomic E-state index is 0.273. The molecule has 2 heterocycles. The second-order valence-electron chi connectivity index (χ2n) is 5.87. The molecule has 0 aliphatic rings. The minimum Gasteiger partial charge on any atom is -0.497 e. The lowest BCUT2D eigenvalue weighted by atomic mass is 10.2. The van der Waals surface area contributed by atoms with Crippen molar-refractivity contribution < 1.29 is 14.2 Å². The molecule has 138 valence electrons. The molecule has 2 aromatic carbocycles. The molecule has 0 atom stereocenters. The number of rotatable bonds is 7. The molecule has 0 N–H and O–H groups in total. The number of hydrogen-bond acceptors (Lipinski definition) is 7. The van der Waals surface area contributed by atoms with Crippen LogP contribution in [0, 0.1) is 6.92 Å². The number of aromatic nitrogens is 4.